The molecular formula is C10H15N3O. The van der Waals surface area contributed by atoms with E-state index in [4.69, 9.17) is 5.11 Å². The zero-order chi connectivity index (χ0) is 9.80. The van der Waals surface area contributed by atoms with Crippen LogP contribution in [0.15, 0.2) is 18.7 Å². The van der Waals surface area contributed by atoms with Crippen molar-refractivity contribution in [3.05, 3.63) is 24.3 Å². The highest BCUT2D eigenvalue weighted by Gasteiger charge is 2.26. The Morgan fingerprint density at radius 1 is 1.36 bits per heavy atom. The van der Waals surface area contributed by atoms with E-state index in [1.54, 1.807) is 0 Å². The van der Waals surface area contributed by atoms with Gasteiger partial charge in [-0.15, -0.1) is 0 Å². The molecule has 0 amide bonds. The Morgan fingerprint density at radius 3 is 2.71 bits per heavy atom. The number of aliphatic hydroxyl groups excluding tert-OH is 1. The minimum atomic E-state index is -0.0538. The molecule has 0 saturated heterocycles. The third-order valence-electron chi connectivity index (χ3n) is 2.59. The van der Waals surface area contributed by atoms with Gasteiger partial charge >= 0.3 is 0 Å². The van der Waals surface area contributed by atoms with Crippen LogP contribution in [0.3, 0.4) is 0 Å². The number of aromatic nitrogens is 2. The summed E-state index contributed by atoms with van der Waals surface area (Å²) < 4.78 is 0. The van der Waals surface area contributed by atoms with Gasteiger partial charge < -0.3 is 10.4 Å². The van der Waals surface area contributed by atoms with Crippen LogP contribution in [0.2, 0.25) is 0 Å². The van der Waals surface area contributed by atoms with E-state index < -0.39 is 0 Å². The minimum Gasteiger partial charge on any atom is -0.393 e. The molecule has 1 saturated carbocycles. The molecule has 4 nitrogen and oxygen atoms in total. The molecule has 0 radical (unpaired) electrons. The molecule has 2 rings (SSSR count). The Balaban J connectivity index is 1.64. The third kappa shape index (κ3) is 2.49. The molecular weight excluding hydrogens is 178 g/mol. The summed E-state index contributed by atoms with van der Waals surface area (Å²) in [5.74, 6) is 0.648. The van der Waals surface area contributed by atoms with Crippen molar-refractivity contribution in [1.29, 1.82) is 0 Å². The van der Waals surface area contributed by atoms with Gasteiger partial charge in [-0.25, -0.2) is 9.97 Å². The van der Waals surface area contributed by atoms with Gasteiger partial charge in [0.1, 0.15) is 6.33 Å². The smallest absolute Gasteiger partial charge is 0.115 e. The maximum atomic E-state index is 9.09. The summed E-state index contributed by atoms with van der Waals surface area (Å²) in [4.78, 5) is 7.88. The monoisotopic (exact) mass is 193 g/mol. The standard InChI is InChI=1S/C10H15N3O/c14-10-1-8(2-10)3-11-4-9-5-12-7-13-6-9/h5-8,10-11,14H,1-4H2. The van der Waals surface area contributed by atoms with E-state index in [1.807, 2.05) is 12.4 Å². The number of hydrogen-bond acceptors (Lipinski definition) is 4. The second-order valence-corrected chi connectivity index (χ2v) is 3.87. The number of rotatable bonds is 4. The second kappa shape index (κ2) is 4.48. The van der Waals surface area contributed by atoms with Crippen molar-refractivity contribution in [1.82, 2.24) is 15.3 Å². The number of nitrogens with zero attached hydrogens (tertiary/aromatic N) is 2. The van der Waals surface area contributed by atoms with E-state index in [9.17, 15) is 0 Å². The molecule has 4 heteroatoms. The Kier molecular flexibility index (Phi) is 3.06. The van der Waals surface area contributed by atoms with Gasteiger partial charge in [-0.3, -0.25) is 0 Å². The van der Waals surface area contributed by atoms with E-state index in [0.717, 1.165) is 31.5 Å². The number of nitrogens with one attached hydrogen (secondary N) is 1. The fourth-order valence-electron chi connectivity index (χ4n) is 1.71. The molecule has 76 valence electrons. The summed E-state index contributed by atoms with van der Waals surface area (Å²) in [6, 6.07) is 0. The summed E-state index contributed by atoms with van der Waals surface area (Å²) in [5, 5.41) is 12.4. The predicted octanol–water partition coefficient (Wildman–Crippen LogP) is 0.337. The molecule has 1 aliphatic rings. The molecule has 0 aromatic carbocycles. The summed E-state index contributed by atoms with van der Waals surface area (Å²) in [6.45, 7) is 1.79. The molecule has 0 atom stereocenters. The second-order valence-electron chi connectivity index (χ2n) is 3.87. The summed E-state index contributed by atoms with van der Waals surface area (Å²) in [6.07, 6.45) is 7.00. The van der Waals surface area contributed by atoms with Gasteiger partial charge in [-0.05, 0) is 25.3 Å². The van der Waals surface area contributed by atoms with E-state index >= 15 is 0 Å². The Labute approximate surface area is 83.4 Å². The first-order valence-corrected chi connectivity index (χ1v) is 4.97. The molecule has 1 aromatic rings. The van der Waals surface area contributed by atoms with E-state index in [0.29, 0.717) is 5.92 Å². The quantitative estimate of drug-likeness (QED) is 0.724. The van der Waals surface area contributed by atoms with Crippen LogP contribution in [0.5, 0.6) is 0 Å². The molecule has 0 bridgehead atoms. The number of hydrogen-bond donors (Lipinski definition) is 2. The van der Waals surface area contributed by atoms with Crippen LogP contribution in [-0.2, 0) is 6.54 Å². The molecule has 14 heavy (non-hydrogen) atoms. The lowest BCUT2D eigenvalue weighted by Gasteiger charge is -2.31. The van der Waals surface area contributed by atoms with Crippen molar-refractivity contribution in [2.24, 2.45) is 5.92 Å². The highest BCUT2D eigenvalue weighted by Crippen LogP contribution is 2.26. The van der Waals surface area contributed by atoms with Crippen molar-refractivity contribution in [2.45, 2.75) is 25.5 Å². The molecule has 1 fully saturated rings. The van der Waals surface area contributed by atoms with Crippen molar-refractivity contribution < 1.29 is 5.11 Å². The minimum absolute atomic E-state index is 0.0538. The zero-order valence-corrected chi connectivity index (χ0v) is 8.06. The van der Waals surface area contributed by atoms with Crippen molar-refractivity contribution in [3.63, 3.8) is 0 Å². The van der Waals surface area contributed by atoms with Gasteiger partial charge in [0.15, 0.2) is 0 Å². The maximum Gasteiger partial charge on any atom is 0.115 e. The lowest BCUT2D eigenvalue weighted by Crippen LogP contribution is -2.35. The SMILES string of the molecule is OC1CC(CNCc2cncnc2)C1. The lowest BCUT2D eigenvalue weighted by molar-refractivity contribution is 0.0429. The number of aliphatic hydroxyl groups is 1. The molecule has 1 heterocycles. The highest BCUT2D eigenvalue weighted by atomic mass is 16.3. The van der Waals surface area contributed by atoms with Gasteiger partial charge in [0.2, 0.25) is 0 Å². The first kappa shape index (κ1) is 9.55. The van der Waals surface area contributed by atoms with Crippen molar-refractivity contribution >= 4 is 0 Å². The Hall–Kier alpha value is -1.00. The highest BCUT2D eigenvalue weighted by molar-refractivity contribution is 5.01. The lowest BCUT2D eigenvalue weighted by atomic mass is 9.82. The molecule has 0 aliphatic heterocycles. The van der Waals surface area contributed by atoms with Crippen LogP contribution in [0.4, 0.5) is 0 Å². The van der Waals surface area contributed by atoms with Gasteiger partial charge in [0, 0.05) is 24.5 Å². The van der Waals surface area contributed by atoms with E-state index in [-0.39, 0.29) is 6.10 Å². The van der Waals surface area contributed by atoms with Crippen LogP contribution in [0, 0.1) is 5.92 Å². The van der Waals surface area contributed by atoms with Gasteiger partial charge in [0.25, 0.3) is 0 Å². The van der Waals surface area contributed by atoms with Crippen LogP contribution >= 0.6 is 0 Å². The Morgan fingerprint density at radius 2 is 2.07 bits per heavy atom. The van der Waals surface area contributed by atoms with Crippen LogP contribution in [0.25, 0.3) is 0 Å². The molecule has 1 aromatic heterocycles. The van der Waals surface area contributed by atoms with Crippen LogP contribution in [-0.4, -0.2) is 27.7 Å². The maximum absolute atomic E-state index is 9.09. The summed E-state index contributed by atoms with van der Waals surface area (Å²) in [5.41, 5.74) is 1.10. The first-order chi connectivity index (χ1) is 6.84. The van der Waals surface area contributed by atoms with Gasteiger partial charge in [-0.1, -0.05) is 0 Å². The van der Waals surface area contributed by atoms with E-state index in [1.165, 1.54) is 6.33 Å². The molecule has 1 aliphatic carbocycles. The van der Waals surface area contributed by atoms with Crippen LogP contribution < -0.4 is 5.32 Å². The van der Waals surface area contributed by atoms with Crippen molar-refractivity contribution in [3.8, 4) is 0 Å². The molecule has 2 N–H and O–H groups in total. The molecule has 0 spiro atoms. The van der Waals surface area contributed by atoms with Crippen molar-refractivity contribution in [2.75, 3.05) is 6.54 Å². The summed E-state index contributed by atoms with van der Waals surface area (Å²) in [7, 11) is 0. The largest absolute Gasteiger partial charge is 0.393 e. The van der Waals surface area contributed by atoms with Gasteiger partial charge in [-0.2, -0.15) is 0 Å². The fourth-order valence-corrected chi connectivity index (χ4v) is 1.71. The normalized spacial score (nSPS) is 25.8. The average Bonchev–Trinajstić information content (AvgIpc) is 2.17. The average molecular weight is 193 g/mol. The van der Waals surface area contributed by atoms with Crippen LogP contribution in [0.1, 0.15) is 18.4 Å². The van der Waals surface area contributed by atoms with Gasteiger partial charge in [0.05, 0.1) is 6.10 Å². The topological polar surface area (TPSA) is 58.0 Å². The first-order valence-electron chi connectivity index (χ1n) is 4.97. The summed E-state index contributed by atoms with van der Waals surface area (Å²) >= 11 is 0. The zero-order valence-electron chi connectivity index (χ0n) is 8.06. The third-order valence-corrected chi connectivity index (χ3v) is 2.59. The molecule has 0 unspecified atom stereocenters. The predicted molar refractivity (Wildman–Crippen MR) is 52.5 cm³/mol. The fraction of sp³-hybridized carbons (Fsp3) is 0.600. The van der Waals surface area contributed by atoms with E-state index in [2.05, 4.69) is 15.3 Å². The Bertz CT molecular complexity index is 272.